The number of aromatic amines is 1. The second kappa shape index (κ2) is 6.73. The molecule has 0 fully saturated rings. The van der Waals surface area contributed by atoms with E-state index in [4.69, 9.17) is 4.74 Å². The van der Waals surface area contributed by atoms with Crippen molar-refractivity contribution in [2.75, 3.05) is 13.7 Å². The molecule has 0 amide bonds. The summed E-state index contributed by atoms with van der Waals surface area (Å²) >= 11 is 0. The van der Waals surface area contributed by atoms with E-state index in [1.807, 2.05) is 18.2 Å². The number of hydrogen-bond donors (Lipinski definition) is 1. The molecule has 4 rings (SSSR count). The summed E-state index contributed by atoms with van der Waals surface area (Å²) < 4.78 is 18.6. The van der Waals surface area contributed by atoms with Crippen molar-refractivity contribution in [3.05, 3.63) is 77.8 Å². The van der Waals surface area contributed by atoms with Crippen LogP contribution in [-0.4, -0.2) is 23.5 Å². The van der Waals surface area contributed by atoms with E-state index < -0.39 is 0 Å². The number of halogens is 1. The minimum absolute atomic E-state index is 0.192. The Morgan fingerprint density at radius 1 is 1.16 bits per heavy atom. The van der Waals surface area contributed by atoms with Gasteiger partial charge in [0.25, 0.3) is 0 Å². The number of nitrogens with zero attached hydrogens (tertiary/aromatic N) is 1. The monoisotopic (exact) mass is 336 g/mol. The minimum Gasteiger partial charge on any atom is -0.497 e. The van der Waals surface area contributed by atoms with Crippen LogP contribution in [0.4, 0.5) is 4.39 Å². The minimum atomic E-state index is -0.192. The van der Waals surface area contributed by atoms with Crippen LogP contribution in [0.5, 0.6) is 5.75 Å². The molecule has 1 N–H and O–H groups in total. The first-order valence-electron chi connectivity index (χ1n) is 8.53. The van der Waals surface area contributed by atoms with E-state index >= 15 is 0 Å². The third-order valence-corrected chi connectivity index (χ3v) is 4.89. The average molecular weight is 336 g/mol. The number of fused-ring (bicyclic) bond motifs is 1. The second-order valence-corrected chi connectivity index (χ2v) is 6.43. The summed E-state index contributed by atoms with van der Waals surface area (Å²) in [6.07, 6.45) is 7.51. The molecule has 1 aliphatic rings. The van der Waals surface area contributed by atoms with E-state index in [9.17, 15) is 4.39 Å². The lowest BCUT2D eigenvalue weighted by atomic mass is 9.97. The van der Waals surface area contributed by atoms with E-state index in [2.05, 4.69) is 40.4 Å². The highest BCUT2D eigenvalue weighted by molar-refractivity contribution is 5.85. The van der Waals surface area contributed by atoms with Crippen molar-refractivity contribution in [2.24, 2.45) is 0 Å². The maximum absolute atomic E-state index is 13.2. The van der Waals surface area contributed by atoms with Gasteiger partial charge in [0.05, 0.1) is 7.11 Å². The zero-order valence-corrected chi connectivity index (χ0v) is 14.2. The molecular weight excluding hydrogens is 315 g/mol. The Morgan fingerprint density at radius 3 is 2.80 bits per heavy atom. The zero-order chi connectivity index (χ0) is 17.2. The SMILES string of the molecule is COc1ccc2[nH]cc(C3CC=CCN3Cc3ccc(F)cc3)c2c1. The Labute approximate surface area is 146 Å². The number of rotatable bonds is 4. The zero-order valence-electron chi connectivity index (χ0n) is 14.2. The van der Waals surface area contributed by atoms with Crippen LogP contribution in [-0.2, 0) is 6.54 Å². The topological polar surface area (TPSA) is 28.3 Å². The molecule has 0 spiro atoms. The van der Waals surface area contributed by atoms with Crippen LogP contribution >= 0.6 is 0 Å². The van der Waals surface area contributed by atoms with Gasteiger partial charge in [-0.25, -0.2) is 4.39 Å². The predicted molar refractivity (Wildman–Crippen MR) is 98.2 cm³/mol. The molecule has 1 atom stereocenters. The number of H-pyrrole nitrogens is 1. The maximum atomic E-state index is 13.2. The maximum Gasteiger partial charge on any atom is 0.123 e. The van der Waals surface area contributed by atoms with E-state index in [1.54, 1.807) is 7.11 Å². The number of benzene rings is 2. The lowest BCUT2D eigenvalue weighted by molar-refractivity contribution is 0.202. The van der Waals surface area contributed by atoms with Gasteiger partial charge in [0.1, 0.15) is 11.6 Å². The molecule has 25 heavy (non-hydrogen) atoms. The molecule has 128 valence electrons. The van der Waals surface area contributed by atoms with Crippen LogP contribution in [0.1, 0.15) is 23.6 Å². The van der Waals surface area contributed by atoms with Crippen molar-refractivity contribution >= 4 is 10.9 Å². The summed E-state index contributed by atoms with van der Waals surface area (Å²) in [4.78, 5) is 5.80. The summed E-state index contributed by atoms with van der Waals surface area (Å²) in [6, 6.07) is 13.2. The van der Waals surface area contributed by atoms with Crippen LogP contribution in [0.3, 0.4) is 0 Å². The van der Waals surface area contributed by atoms with E-state index in [1.165, 1.54) is 23.1 Å². The van der Waals surface area contributed by atoms with Crippen LogP contribution in [0.15, 0.2) is 60.8 Å². The van der Waals surface area contributed by atoms with Crippen LogP contribution < -0.4 is 4.74 Å². The highest BCUT2D eigenvalue weighted by atomic mass is 19.1. The molecule has 0 aliphatic carbocycles. The predicted octanol–water partition coefficient (Wildman–Crippen LogP) is 4.82. The standard InChI is InChI=1S/C21H21FN2O/c1-25-17-9-10-20-18(12-17)19(13-23-20)21-4-2-3-11-24(21)14-15-5-7-16(22)8-6-15/h2-3,5-10,12-13,21,23H,4,11,14H2,1H3. The summed E-state index contributed by atoms with van der Waals surface area (Å²) in [5.41, 5.74) is 3.52. The fourth-order valence-electron chi connectivity index (χ4n) is 3.56. The molecule has 0 saturated heterocycles. The third-order valence-electron chi connectivity index (χ3n) is 4.89. The normalized spacial score (nSPS) is 17.9. The van der Waals surface area contributed by atoms with Gasteiger partial charge in [0.15, 0.2) is 0 Å². The van der Waals surface area contributed by atoms with Crippen molar-refractivity contribution < 1.29 is 9.13 Å². The highest BCUT2D eigenvalue weighted by Crippen LogP contribution is 2.35. The number of hydrogen-bond acceptors (Lipinski definition) is 2. The van der Waals surface area contributed by atoms with Crippen LogP contribution in [0, 0.1) is 5.82 Å². The molecule has 1 aliphatic heterocycles. The summed E-state index contributed by atoms with van der Waals surface area (Å²) in [7, 11) is 1.69. The van der Waals surface area contributed by atoms with Gasteiger partial charge >= 0.3 is 0 Å². The molecule has 1 aromatic heterocycles. The molecule has 0 saturated carbocycles. The summed E-state index contributed by atoms with van der Waals surface area (Å²) in [6.45, 7) is 1.69. The van der Waals surface area contributed by atoms with Gasteiger partial charge in [-0.1, -0.05) is 24.3 Å². The quantitative estimate of drug-likeness (QED) is 0.692. The van der Waals surface area contributed by atoms with Gasteiger partial charge in [0, 0.05) is 36.2 Å². The van der Waals surface area contributed by atoms with E-state index in [-0.39, 0.29) is 11.9 Å². The molecule has 1 unspecified atom stereocenters. The van der Waals surface area contributed by atoms with Gasteiger partial charge < -0.3 is 9.72 Å². The molecule has 3 nitrogen and oxygen atoms in total. The Morgan fingerprint density at radius 2 is 2.00 bits per heavy atom. The molecule has 0 bridgehead atoms. The second-order valence-electron chi connectivity index (χ2n) is 6.43. The first-order valence-corrected chi connectivity index (χ1v) is 8.53. The smallest absolute Gasteiger partial charge is 0.123 e. The Hall–Kier alpha value is -2.59. The molecule has 3 aromatic rings. The van der Waals surface area contributed by atoms with E-state index in [0.29, 0.717) is 0 Å². The summed E-state index contributed by atoms with van der Waals surface area (Å²) in [5.74, 6) is 0.673. The largest absolute Gasteiger partial charge is 0.497 e. The van der Waals surface area contributed by atoms with Crippen LogP contribution in [0.25, 0.3) is 10.9 Å². The number of methoxy groups -OCH3 is 1. The van der Waals surface area contributed by atoms with Crippen molar-refractivity contribution in [3.8, 4) is 5.75 Å². The van der Waals surface area contributed by atoms with Gasteiger partial charge in [-0.15, -0.1) is 0 Å². The van der Waals surface area contributed by atoms with Crippen molar-refractivity contribution in [2.45, 2.75) is 19.0 Å². The van der Waals surface area contributed by atoms with Crippen molar-refractivity contribution in [1.82, 2.24) is 9.88 Å². The molecule has 0 radical (unpaired) electrons. The fourth-order valence-corrected chi connectivity index (χ4v) is 3.56. The fraction of sp³-hybridized carbons (Fsp3) is 0.238. The van der Waals surface area contributed by atoms with Crippen molar-refractivity contribution in [1.29, 1.82) is 0 Å². The van der Waals surface area contributed by atoms with E-state index in [0.717, 1.165) is 36.3 Å². The van der Waals surface area contributed by atoms with Gasteiger partial charge in [0.2, 0.25) is 0 Å². The molecular formula is C21H21FN2O. The first-order chi connectivity index (χ1) is 12.2. The Kier molecular flexibility index (Phi) is 4.28. The molecule has 4 heteroatoms. The number of nitrogens with one attached hydrogen (secondary N) is 1. The number of ether oxygens (including phenoxy) is 1. The third kappa shape index (κ3) is 3.17. The molecule has 2 heterocycles. The Balaban J connectivity index is 1.67. The Bertz CT molecular complexity index is 898. The number of aromatic nitrogens is 1. The highest BCUT2D eigenvalue weighted by Gasteiger charge is 2.24. The molecule has 2 aromatic carbocycles. The lowest BCUT2D eigenvalue weighted by Gasteiger charge is -2.33. The average Bonchev–Trinajstić information content (AvgIpc) is 3.07. The first kappa shape index (κ1) is 15.9. The van der Waals surface area contributed by atoms with Crippen molar-refractivity contribution in [3.63, 3.8) is 0 Å². The van der Waals surface area contributed by atoms with Crippen LogP contribution in [0.2, 0.25) is 0 Å². The lowest BCUT2D eigenvalue weighted by Crippen LogP contribution is -2.30. The summed E-state index contributed by atoms with van der Waals surface area (Å²) in [5, 5.41) is 1.20. The van der Waals surface area contributed by atoms with Gasteiger partial charge in [-0.05, 0) is 47.9 Å². The van der Waals surface area contributed by atoms with Gasteiger partial charge in [-0.2, -0.15) is 0 Å². The van der Waals surface area contributed by atoms with Gasteiger partial charge in [-0.3, -0.25) is 4.90 Å².